The summed E-state index contributed by atoms with van der Waals surface area (Å²) in [4.78, 5) is 0. The van der Waals surface area contributed by atoms with Crippen molar-refractivity contribution >= 4 is 194 Å². The minimum atomic E-state index is 0. The van der Waals surface area contributed by atoms with Crippen molar-refractivity contribution in [3.63, 3.8) is 0 Å². The van der Waals surface area contributed by atoms with E-state index < -0.39 is 0 Å². The summed E-state index contributed by atoms with van der Waals surface area (Å²) in [7, 11) is 28.1. The third kappa shape index (κ3) is 208. The van der Waals surface area contributed by atoms with E-state index in [-0.39, 0.29) is 137 Å². The van der Waals surface area contributed by atoms with Crippen LogP contribution in [0.1, 0.15) is 0 Å². The molecule has 0 nitrogen and oxygen atoms in total. The molecule has 0 amide bonds. The van der Waals surface area contributed by atoms with Gasteiger partial charge in [-0.1, -0.05) is 0 Å². The fourth-order valence-corrected chi connectivity index (χ4v) is 0. The zero-order valence-electron chi connectivity index (χ0n) is 8.06. The predicted octanol–water partition coefficient (Wildman–Crippen LogP) is -1.07. The molecule has 0 unspecified atom stereocenters. The van der Waals surface area contributed by atoms with Gasteiger partial charge in [0.1, 0.15) is 0 Å². The summed E-state index contributed by atoms with van der Waals surface area (Å²) >= 11 is 7.44. The van der Waals surface area contributed by atoms with Gasteiger partial charge in [-0.15, -0.1) is 0 Å². The van der Waals surface area contributed by atoms with Crippen molar-refractivity contribution < 1.29 is 108 Å². The van der Waals surface area contributed by atoms with Gasteiger partial charge in [-0.3, -0.25) is 0 Å². The van der Waals surface area contributed by atoms with Crippen molar-refractivity contribution in [1.82, 2.24) is 0 Å². The van der Waals surface area contributed by atoms with Crippen LogP contribution in [0.25, 0.3) is 0 Å². The monoisotopic (exact) mass is 1990 g/mol. The first kappa shape index (κ1) is 99.0. The topological polar surface area (TPSA) is 0 Å². The van der Waals surface area contributed by atoms with Crippen molar-refractivity contribution in [1.29, 1.82) is 0 Å². The molecule has 0 aliphatic carbocycles. The van der Waals surface area contributed by atoms with E-state index in [1.54, 1.807) is 0 Å². The molecule has 0 spiro atoms. The van der Waals surface area contributed by atoms with Gasteiger partial charge in [0.25, 0.3) is 0 Å². The molecule has 0 aromatic carbocycles. The molecule has 0 N–H and O–H groups in total. The summed E-state index contributed by atoms with van der Waals surface area (Å²) in [6, 6.07) is 0. The zero-order valence-corrected chi connectivity index (χ0v) is 43.6. The SMILES string of the molecule is [Cl][Os].[Cl][Os].[Cl][Re].[Cl][Re].[Cl][Re].[Cl][Re].[SeH].[SeH].[SeH].[SeH].[SeH].[SeH].[SeH].[SeH]. The Morgan fingerprint density at radius 1 is 0.300 bits per heavy atom. The quantitative estimate of drug-likeness (QED) is 0.272. The first-order valence-electron chi connectivity index (χ1n) is 0.839. The van der Waals surface area contributed by atoms with Crippen LogP contribution in [0.15, 0.2) is 0 Å². The number of halogens is 6. The minimum absolute atomic E-state index is 0. The van der Waals surface area contributed by atoms with Gasteiger partial charge in [0.05, 0.1) is 0 Å². The second-order valence-corrected chi connectivity index (χ2v) is 0. The molecule has 0 aliphatic heterocycles. The first-order valence-corrected chi connectivity index (χ1v) is 20.6. The van der Waals surface area contributed by atoms with Crippen molar-refractivity contribution in [3.8, 4) is 0 Å². The summed E-state index contributed by atoms with van der Waals surface area (Å²) in [5.74, 6) is 0. The van der Waals surface area contributed by atoms with E-state index in [2.05, 4.69) is 19.3 Å². The normalized spacial score (nSPS) is 1.80. The molecule has 0 bridgehead atoms. The maximum absolute atomic E-state index is 4.69. The molecule has 20 heteroatoms. The van der Waals surface area contributed by atoms with Crippen LogP contribution < -0.4 is 0 Å². The van der Waals surface area contributed by atoms with Crippen molar-refractivity contribution in [2.45, 2.75) is 0 Å². The van der Waals surface area contributed by atoms with Crippen LogP contribution in [0, 0.1) is 0 Å². The Morgan fingerprint density at radius 2 is 0.300 bits per heavy atom. The van der Waals surface area contributed by atoms with Crippen molar-refractivity contribution in [3.05, 3.63) is 0 Å². The third-order valence-electron chi connectivity index (χ3n) is 0. The number of hydrogen-bond acceptors (Lipinski definition) is 0. The summed E-state index contributed by atoms with van der Waals surface area (Å²) in [6.45, 7) is 0. The summed E-state index contributed by atoms with van der Waals surface area (Å²) in [6.07, 6.45) is 0. The Bertz CT molecular complexity index is 36.9. The second kappa shape index (κ2) is 231. The van der Waals surface area contributed by atoms with E-state index >= 15 is 0 Å². The molecule has 0 fully saturated rings. The Balaban J connectivity index is -0.00000000167. The average molecular weight is 1980 g/mol. The molecule has 0 aromatic heterocycles. The standard InChI is InChI=1S/6ClH.2Os.4Re.8HSe/h6*1H;;;;;;;8*1H/q;;;;;;6*+1;;;;;;;;/p-6. The zero-order chi connectivity index (χ0) is 12.0. The van der Waals surface area contributed by atoms with E-state index in [1.165, 1.54) is 108 Å². The van der Waals surface area contributed by atoms with E-state index in [9.17, 15) is 0 Å². The van der Waals surface area contributed by atoms with Crippen LogP contribution in [0.4, 0.5) is 0 Å². The van der Waals surface area contributed by atoms with Crippen LogP contribution in [-0.2, 0) is 108 Å². The Kier molecular flexibility index (Phi) is 1140. The summed E-state index contributed by atoms with van der Waals surface area (Å²) < 4.78 is 0. The molecule has 142 valence electrons. The average Bonchev–Trinajstić information content (AvgIpc) is 2.33. The van der Waals surface area contributed by atoms with Crippen molar-refractivity contribution in [2.75, 3.05) is 0 Å². The number of rotatable bonds is 0. The van der Waals surface area contributed by atoms with Gasteiger partial charge >= 0.3 is 302 Å². The van der Waals surface area contributed by atoms with Gasteiger partial charge < -0.3 is 0 Å². The molecular weight excluding hydrogens is 1970 g/mol. The molecule has 0 aliphatic rings. The van der Waals surface area contributed by atoms with Gasteiger partial charge in [-0.2, -0.15) is 0 Å². The fourth-order valence-electron chi connectivity index (χ4n) is 0. The van der Waals surface area contributed by atoms with Crippen LogP contribution in [0.2, 0.25) is 0 Å². The van der Waals surface area contributed by atoms with E-state index in [4.69, 9.17) is 38.1 Å². The molecule has 0 saturated heterocycles. The Labute approximate surface area is 294 Å². The third-order valence-corrected chi connectivity index (χ3v) is 0. The molecule has 0 aromatic rings. The molecule has 8 radical (unpaired) electrons. The molecule has 0 saturated carbocycles. The predicted molar refractivity (Wildman–Crippen MR) is 92.3 cm³/mol. The Morgan fingerprint density at radius 3 is 0.300 bits per heavy atom. The molecule has 0 rings (SSSR count). The first-order chi connectivity index (χ1) is 6.00. The van der Waals surface area contributed by atoms with Gasteiger partial charge in [-0.05, 0) is 0 Å². The number of hydrogen-bond donors (Lipinski definition) is 0. The molecule has 0 atom stereocenters. The molecular formula is H8Cl6Os2Re4Se8. The van der Waals surface area contributed by atoms with E-state index in [1.807, 2.05) is 0 Å². The summed E-state index contributed by atoms with van der Waals surface area (Å²) in [5.41, 5.74) is 0. The van der Waals surface area contributed by atoms with Crippen LogP contribution in [0.3, 0.4) is 0 Å². The van der Waals surface area contributed by atoms with E-state index in [0.717, 1.165) is 0 Å². The maximum atomic E-state index is 4.69. The van der Waals surface area contributed by atoms with Crippen molar-refractivity contribution in [2.24, 2.45) is 0 Å². The van der Waals surface area contributed by atoms with Gasteiger partial charge in [-0.25, -0.2) is 0 Å². The van der Waals surface area contributed by atoms with Gasteiger partial charge in [0.15, 0.2) is 0 Å². The van der Waals surface area contributed by atoms with Crippen LogP contribution in [-0.4, -0.2) is 137 Å². The Hall–Kier alpha value is 9.82. The van der Waals surface area contributed by atoms with E-state index in [0.29, 0.717) is 0 Å². The van der Waals surface area contributed by atoms with Crippen LogP contribution in [0.5, 0.6) is 0 Å². The molecule has 0 heterocycles. The summed E-state index contributed by atoms with van der Waals surface area (Å²) in [5, 5.41) is 0. The van der Waals surface area contributed by atoms with Gasteiger partial charge in [0, 0.05) is 0 Å². The fraction of sp³-hybridized carbons (Fsp3) is 0. The van der Waals surface area contributed by atoms with Crippen LogP contribution >= 0.6 is 57.4 Å². The second-order valence-electron chi connectivity index (χ2n) is 0. The van der Waals surface area contributed by atoms with Gasteiger partial charge in [0.2, 0.25) is 0 Å². The molecule has 20 heavy (non-hydrogen) atoms.